The number of H-pyrrole nitrogens is 1. The maximum absolute atomic E-state index is 12.3. The van der Waals surface area contributed by atoms with Crippen molar-refractivity contribution in [2.75, 3.05) is 7.11 Å². The molecule has 8 nitrogen and oxygen atoms in total. The molecule has 0 aliphatic carbocycles. The molecule has 0 unspecified atom stereocenters. The number of aromatic nitrogens is 3. The molecule has 2 aromatic rings. The van der Waals surface area contributed by atoms with Gasteiger partial charge in [-0.15, -0.1) is 0 Å². The maximum atomic E-state index is 12.3. The minimum atomic E-state index is -0.783. The first-order chi connectivity index (χ1) is 13.0. The number of rotatable bonds is 2. The van der Waals surface area contributed by atoms with Gasteiger partial charge in [-0.3, -0.25) is 14.3 Å². The van der Waals surface area contributed by atoms with Gasteiger partial charge in [0.2, 0.25) is 0 Å². The lowest BCUT2D eigenvalue weighted by Crippen LogP contribution is -2.27. The number of benzene rings is 2. The van der Waals surface area contributed by atoms with Crippen LogP contribution in [0.2, 0.25) is 0 Å². The Morgan fingerprint density at radius 1 is 1.19 bits per heavy atom. The van der Waals surface area contributed by atoms with Crippen molar-refractivity contribution in [2.45, 2.75) is 0 Å². The highest BCUT2D eigenvalue weighted by Gasteiger charge is 2.19. The fourth-order valence-corrected chi connectivity index (χ4v) is 3.03. The molecule has 0 bridgehead atoms. The molecule has 0 atom stereocenters. The highest BCUT2D eigenvalue weighted by atomic mass is 16.5. The number of nitrogens with one attached hydrogen (secondary N) is 1. The van der Waals surface area contributed by atoms with E-state index in [1.54, 1.807) is 41.0 Å². The highest BCUT2D eigenvalue weighted by Crippen LogP contribution is 2.33. The molecule has 27 heavy (non-hydrogen) atoms. The van der Waals surface area contributed by atoms with Gasteiger partial charge in [0.25, 0.3) is 5.56 Å². The van der Waals surface area contributed by atoms with Crippen molar-refractivity contribution in [2.24, 2.45) is 0 Å². The molecule has 0 saturated carbocycles. The van der Waals surface area contributed by atoms with Gasteiger partial charge in [-0.25, -0.2) is 4.79 Å². The van der Waals surface area contributed by atoms with Crippen LogP contribution in [-0.4, -0.2) is 26.8 Å². The fraction of sp³-hybridized carbons (Fsp3) is 0.0526. The summed E-state index contributed by atoms with van der Waals surface area (Å²) in [6.45, 7) is 0. The number of aromatic amines is 1. The molecule has 0 fully saturated rings. The van der Waals surface area contributed by atoms with E-state index in [-0.39, 0.29) is 22.9 Å². The fourth-order valence-electron chi connectivity index (χ4n) is 3.03. The second-order valence-electron chi connectivity index (χ2n) is 5.83. The third kappa shape index (κ3) is 2.58. The van der Waals surface area contributed by atoms with Crippen LogP contribution < -0.4 is 16.0 Å². The zero-order valence-electron chi connectivity index (χ0n) is 14.1. The molecule has 132 valence electrons. The highest BCUT2D eigenvalue weighted by molar-refractivity contribution is 5.88. The molecule has 0 spiro atoms. The molecule has 0 amide bonds. The van der Waals surface area contributed by atoms with Crippen LogP contribution in [0.4, 0.5) is 0 Å². The second-order valence-corrected chi connectivity index (χ2v) is 5.83. The van der Waals surface area contributed by atoms with Gasteiger partial charge < -0.3 is 9.84 Å². The summed E-state index contributed by atoms with van der Waals surface area (Å²) in [5, 5.41) is 20.1. The van der Waals surface area contributed by atoms with Crippen molar-refractivity contribution >= 4 is 10.9 Å². The number of phenols is 1. The number of pyridine rings is 1. The zero-order chi connectivity index (χ0) is 19.1. The largest absolute Gasteiger partial charge is 0.504 e. The van der Waals surface area contributed by atoms with Crippen molar-refractivity contribution < 1.29 is 9.84 Å². The summed E-state index contributed by atoms with van der Waals surface area (Å²) >= 11 is 0. The van der Waals surface area contributed by atoms with Gasteiger partial charge in [-0.1, -0.05) is 6.07 Å². The number of hydrogen-bond acceptors (Lipinski definition) is 6. The number of nitrogens with zero attached hydrogens (tertiary/aromatic N) is 3. The monoisotopic (exact) mass is 360 g/mol. The van der Waals surface area contributed by atoms with E-state index in [1.165, 1.54) is 13.2 Å². The minimum absolute atomic E-state index is 0.115. The normalized spacial score (nSPS) is 10.8. The molecule has 0 saturated heterocycles. The van der Waals surface area contributed by atoms with E-state index in [0.29, 0.717) is 22.2 Å². The van der Waals surface area contributed by atoms with Crippen molar-refractivity contribution in [1.82, 2.24) is 14.5 Å². The van der Waals surface area contributed by atoms with Crippen LogP contribution in [0.1, 0.15) is 5.56 Å². The quantitative estimate of drug-likeness (QED) is 0.526. The Morgan fingerprint density at radius 2 is 2.00 bits per heavy atom. The van der Waals surface area contributed by atoms with Gasteiger partial charge in [0.1, 0.15) is 0 Å². The summed E-state index contributed by atoms with van der Waals surface area (Å²) in [4.78, 5) is 30.2. The molecule has 2 N–H and O–H groups in total. The van der Waals surface area contributed by atoms with E-state index in [2.05, 4.69) is 16.0 Å². The average Bonchev–Trinajstić information content (AvgIpc) is 2.66. The lowest BCUT2D eigenvalue weighted by atomic mass is 10.1. The molecule has 2 aromatic carbocycles. The van der Waals surface area contributed by atoms with E-state index in [1.807, 2.05) is 0 Å². The van der Waals surface area contributed by atoms with Crippen LogP contribution in [0.3, 0.4) is 0 Å². The molecule has 8 heteroatoms. The number of phenolic OH excluding ortho intramolecular Hbond substituents is 1. The van der Waals surface area contributed by atoms with Gasteiger partial charge in [-0.05, 0) is 35.7 Å². The Bertz CT molecular complexity index is 1330. The minimum Gasteiger partial charge on any atom is -0.504 e. The molecule has 4 rings (SSSR count). The summed E-state index contributed by atoms with van der Waals surface area (Å²) in [6.07, 6.45) is 0. The summed E-state index contributed by atoms with van der Waals surface area (Å²) in [7, 11) is 1.43. The van der Waals surface area contributed by atoms with Crippen molar-refractivity contribution in [3.63, 3.8) is 0 Å². The Hall–Kier alpha value is -4.12. The molecule has 0 radical (unpaired) electrons. The Kier molecular flexibility index (Phi) is 3.63. The number of ether oxygens (including phenoxy) is 1. The van der Waals surface area contributed by atoms with E-state index in [9.17, 15) is 20.0 Å². The maximum Gasteiger partial charge on any atom is 0.349 e. The van der Waals surface area contributed by atoms with Crippen LogP contribution in [0.25, 0.3) is 28.0 Å². The summed E-state index contributed by atoms with van der Waals surface area (Å²) in [5.41, 5.74) is 0.278. The number of methoxy groups -OCH3 is 1. The first-order valence-electron chi connectivity index (χ1n) is 7.89. The number of nitriles is 1. The van der Waals surface area contributed by atoms with Crippen LogP contribution in [0.5, 0.6) is 11.5 Å². The molecule has 0 aromatic heterocycles. The first kappa shape index (κ1) is 16.4. The second kappa shape index (κ2) is 6.00. The van der Waals surface area contributed by atoms with Crippen molar-refractivity contribution in [3.8, 4) is 34.6 Å². The van der Waals surface area contributed by atoms with Crippen LogP contribution in [0.15, 0.2) is 52.1 Å². The third-order valence-electron chi connectivity index (χ3n) is 4.25. The third-order valence-corrected chi connectivity index (χ3v) is 4.25. The predicted molar refractivity (Wildman–Crippen MR) is 97.5 cm³/mol. The Labute approximate surface area is 151 Å². The van der Waals surface area contributed by atoms with Gasteiger partial charge >= 0.3 is 5.69 Å². The predicted octanol–water partition coefficient (Wildman–Crippen LogP) is 1.76. The number of fused-ring (bicyclic) bond motifs is 2. The van der Waals surface area contributed by atoms with Crippen LogP contribution >= 0.6 is 0 Å². The Morgan fingerprint density at radius 3 is 2.70 bits per heavy atom. The average molecular weight is 360 g/mol. The van der Waals surface area contributed by atoms with E-state index in [0.717, 1.165) is 0 Å². The molecule has 2 aliphatic heterocycles. The summed E-state index contributed by atoms with van der Waals surface area (Å²) < 4.78 is 6.62. The van der Waals surface area contributed by atoms with Crippen LogP contribution in [-0.2, 0) is 0 Å². The van der Waals surface area contributed by atoms with Crippen molar-refractivity contribution in [3.05, 3.63) is 68.9 Å². The van der Waals surface area contributed by atoms with Gasteiger partial charge in [-0.2, -0.15) is 10.2 Å². The molecular weight excluding hydrogens is 348 g/mol. The lowest BCUT2D eigenvalue weighted by Gasteiger charge is -2.18. The molecule has 2 heterocycles. The van der Waals surface area contributed by atoms with Gasteiger partial charge in [0.15, 0.2) is 17.3 Å². The first-order valence-corrected chi connectivity index (χ1v) is 7.89. The number of aromatic hydroxyl groups is 1. The van der Waals surface area contributed by atoms with Gasteiger partial charge in [0.05, 0.1) is 35.5 Å². The van der Waals surface area contributed by atoms with E-state index >= 15 is 0 Å². The lowest BCUT2D eigenvalue weighted by molar-refractivity contribution is 0.373. The van der Waals surface area contributed by atoms with Crippen LogP contribution in [0, 0.1) is 11.3 Å². The molecule has 2 aliphatic rings. The topological polar surface area (TPSA) is 121 Å². The molecular formula is C19H12N4O4. The SMILES string of the molecule is COc1ccc(-n2c3nc(=O)[nH]c(=O)c-3cc3ccc(C#N)cc32)cc1O. The zero-order valence-corrected chi connectivity index (χ0v) is 14.1. The Balaban J connectivity index is 2.21. The summed E-state index contributed by atoms with van der Waals surface area (Å²) in [6, 6.07) is 13.3. The van der Waals surface area contributed by atoms with Gasteiger partial charge in [0, 0.05) is 6.07 Å². The summed E-state index contributed by atoms with van der Waals surface area (Å²) in [5.74, 6) is 0.282. The standard InChI is InChI=1S/C19H12N4O4/c1-27-16-5-4-12(8-15(16)24)23-14-6-10(9-20)2-3-11(14)7-13-17(23)21-19(26)22-18(13)25/h2-8,24H,1H3,(H,22,25,26). The van der Waals surface area contributed by atoms with E-state index in [4.69, 9.17) is 4.74 Å². The number of hydrogen-bond donors (Lipinski definition) is 2. The smallest absolute Gasteiger partial charge is 0.349 e. The van der Waals surface area contributed by atoms with Crippen molar-refractivity contribution in [1.29, 1.82) is 5.26 Å². The van der Waals surface area contributed by atoms with E-state index < -0.39 is 11.2 Å².